The first-order valence-corrected chi connectivity index (χ1v) is 4.34. The van der Waals surface area contributed by atoms with Crippen molar-refractivity contribution in [2.75, 3.05) is 13.2 Å². The van der Waals surface area contributed by atoms with Gasteiger partial charge in [0.15, 0.2) is 6.10 Å². The van der Waals surface area contributed by atoms with Crippen LogP contribution in [0.3, 0.4) is 0 Å². The first kappa shape index (κ1) is 13.4. The molecule has 1 N–H and O–H groups in total. The molecule has 0 aromatic heterocycles. The Morgan fingerprint density at radius 2 is 1.73 bits per heavy atom. The van der Waals surface area contributed by atoms with E-state index in [1.165, 1.54) is 12.2 Å². The van der Waals surface area contributed by atoms with Crippen molar-refractivity contribution in [2.45, 2.75) is 12.5 Å². The zero-order valence-electron chi connectivity index (χ0n) is 8.35. The van der Waals surface area contributed by atoms with E-state index in [-0.39, 0.29) is 13.2 Å². The molecule has 0 spiro atoms. The maximum absolute atomic E-state index is 11.0. The Morgan fingerprint density at radius 3 is 2.27 bits per heavy atom. The molecule has 0 saturated heterocycles. The molecule has 1 unspecified atom stereocenters. The third-order valence-electron chi connectivity index (χ3n) is 1.34. The fraction of sp³-hybridized carbons (Fsp3) is 0.400. The number of hydrogen-bond acceptors (Lipinski definition) is 5. The lowest BCUT2D eigenvalue weighted by Gasteiger charge is -2.08. The van der Waals surface area contributed by atoms with E-state index in [1.807, 2.05) is 0 Å². The van der Waals surface area contributed by atoms with Crippen molar-refractivity contribution in [1.82, 2.24) is 0 Å². The first-order valence-electron chi connectivity index (χ1n) is 4.34. The Kier molecular flexibility index (Phi) is 6.92. The van der Waals surface area contributed by atoms with Crippen LogP contribution in [0.2, 0.25) is 0 Å². The standard InChI is InChI=1S/C10H14O5/c1-3-5-14-9(12)7-8(11)10(13)15-6-4-2/h3-4,8,11H,1-2,5-7H2. The van der Waals surface area contributed by atoms with Gasteiger partial charge < -0.3 is 14.6 Å². The first-order chi connectivity index (χ1) is 7.11. The zero-order valence-corrected chi connectivity index (χ0v) is 8.35. The maximum atomic E-state index is 11.0. The summed E-state index contributed by atoms with van der Waals surface area (Å²) in [6.45, 7) is 6.72. The van der Waals surface area contributed by atoms with Gasteiger partial charge in [-0.1, -0.05) is 25.3 Å². The van der Waals surface area contributed by atoms with E-state index in [0.717, 1.165) is 0 Å². The third-order valence-corrected chi connectivity index (χ3v) is 1.34. The molecule has 0 radical (unpaired) electrons. The normalized spacial score (nSPS) is 11.3. The average molecular weight is 214 g/mol. The van der Waals surface area contributed by atoms with Crippen LogP contribution in [-0.2, 0) is 19.1 Å². The third kappa shape index (κ3) is 6.45. The Labute approximate surface area is 88.0 Å². The number of esters is 2. The largest absolute Gasteiger partial charge is 0.461 e. The van der Waals surface area contributed by atoms with Gasteiger partial charge in [0.1, 0.15) is 13.2 Å². The molecule has 0 aliphatic heterocycles. The van der Waals surface area contributed by atoms with Gasteiger partial charge in [0.05, 0.1) is 6.42 Å². The second kappa shape index (κ2) is 7.75. The summed E-state index contributed by atoms with van der Waals surface area (Å²) in [4.78, 5) is 21.9. The van der Waals surface area contributed by atoms with Crippen molar-refractivity contribution in [3.05, 3.63) is 25.3 Å². The molecular formula is C10H14O5. The molecule has 5 nitrogen and oxygen atoms in total. The quantitative estimate of drug-likeness (QED) is 0.484. The van der Waals surface area contributed by atoms with Gasteiger partial charge in [0.25, 0.3) is 0 Å². The second-order valence-corrected chi connectivity index (χ2v) is 2.61. The van der Waals surface area contributed by atoms with Crippen molar-refractivity contribution in [3.8, 4) is 0 Å². The molecule has 0 aromatic rings. The Bertz CT molecular complexity index is 246. The lowest BCUT2D eigenvalue weighted by molar-refractivity contribution is -0.158. The highest BCUT2D eigenvalue weighted by molar-refractivity contribution is 5.81. The predicted molar refractivity (Wildman–Crippen MR) is 52.9 cm³/mol. The summed E-state index contributed by atoms with van der Waals surface area (Å²) in [5, 5.41) is 9.18. The molecule has 0 aromatic carbocycles. The summed E-state index contributed by atoms with van der Waals surface area (Å²) in [7, 11) is 0. The highest BCUT2D eigenvalue weighted by atomic mass is 16.6. The molecule has 84 valence electrons. The number of hydrogen-bond donors (Lipinski definition) is 1. The topological polar surface area (TPSA) is 72.8 Å². The number of ether oxygens (including phenoxy) is 2. The highest BCUT2D eigenvalue weighted by Gasteiger charge is 2.20. The van der Waals surface area contributed by atoms with Crippen LogP contribution in [0.5, 0.6) is 0 Å². The van der Waals surface area contributed by atoms with E-state index in [0.29, 0.717) is 0 Å². The number of carbonyl (C=O) groups excluding carboxylic acids is 2. The van der Waals surface area contributed by atoms with Crippen molar-refractivity contribution < 1.29 is 24.2 Å². The molecule has 0 amide bonds. The lowest BCUT2D eigenvalue weighted by atomic mass is 10.2. The summed E-state index contributed by atoms with van der Waals surface area (Å²) < 4.78 is 9.09. The van der Waals surface area contributed by atoms with E-state index in [9.17, 15) is 14.7 Å². The van der Waals surface area contributed by atoms with E-state index in [4.69, 9.17) is 0 Å². The van der Waals surface area contributed by atoms with Gasteiger partial charge in [0, 0.05) is 0 Å². The minimum absolute atomic E-state index is 0.00238. The smallest absolute Gasteiger partial charge is 0.335 e. The summed E-state index contributed by atoms with van der Waals surface area (Å²) in [5.41, 5.74) is 0. The Hall–Kier alpha value is -1.62. The molecule has 0 aliphatic carbocycles. The number of rotatable bonds is 7. The predicted octanol–water partition coefficient (Wildman–Crippen LogP) is 0.196. The van der Waals surface area contributed by atoms with Gasteiger partial charge in [-0.25, -0.2) is 4.79 Å². The monoisotopic (exact) mass is 214 g/mol. The Balaban J connectivity index is 3.84. The number of aliphatic hydroxyl groups excluding tert-OH is 1. The van der Waals surface area contributed by atoms with Crippen LogP contribution in [0.4, 0.5) is 0 Å². The van der Waals surface area contributed by atoms with Crippen LogP contribution in [0.1, 0.15) is 6.42 Å². The van der Waals surface area contributed by atoms with Gasteiger partial charge in [-0.15, -0.1) is 0 Å². The molecule has 0 saturated carbocycles. The van der Waals surface area contributed by atoms with Crippen LogP contribution in [-0.4, -0.2) is 36.4 Å². The van der Waals surface area contributed by atoms with E-state index >= 15 is 0 Å². The van der Waals surface area contributed by atoms with Crippen molar-refractivity contribution in [2.24, 2.45) is 0 Å². The second-order valence-electron chi connectivity index (χ2n) is 2.61. The number of carbonyl (C=O) groups is 2. The summed E-state index contributed by atoms with van der Waals surface area (Å²) in [6.07, 6.45) is 0.826. The van der Waals surface area contributed by atoms with Gasteiger partial charge in [-0.3, -0.25) is 4.79 Å². The Morgan fingerprint density at radius 1 is 1.20 bits per heavy atom. The molecule has 1 atom stereocenters. The molecule has 0 fully saturated rings. The molecule has 0 aliphatic rings. The van der Waals surface area contributed by atoms with E-state index in [2.05, 4.69) is 22.6 Å². The summed E-state index contributed by atoms with van der Waals surface area (Å²) in [5.74, 6) is -1.55. The van der Waals surface area contributed by atoms with Crippen molar-refractivity contribution in [1.29, 1.82) is 0 Å². The van der Waals surface area contributed by atoms with Gasteiger partial charge in [-0.2, -0.15) is 0 Å². The molecule has 5 heteroatoms. The van der Waals surface area contributed by atoms with Gasteiger partial charge in [-0.05, 0) is 0 Å². The van der Waals surface area contributed by atoms with Crippen LogP contribution in [0.25, 0.3) is 0 Å². The molecule has 15 heavy (non-hydrogen) atoms. The highest BCUT2D eigenvalue weighted by Crippen LogP contribution is 1.98. The van der Waals surface area contributed by atoms with Gasteiger partial charge >= 0.3 is 11.9 Å². The lowest BCUT2D eigenvalue weighted by Crippen LogP contribution is -2.26. The van der Waals surface area contributed by atoms with Crippen LogP contribution in [0, 0.1) is 0 Å². The van der Waals surface area contributed by atoms with Crippen LogP contribution < -0.4 is 0 Å². The molecule has 0 bridgehead atoms. The molecule has 0 rings (SSSR count). The van der Waals surface area contributed by atoms with Crippen LogP contribution >= 0.6 is 0 Å². The average Bonchev–Trinajstić information content (AvgIpc) is 2.22. The minimum Gasteiger partial charge on any atom is -0.461 e. The van der Waals surface area contributed by atoms with Crippen molar-refractivity contribution >= 4 is 11.9 Å². The van der Waals surface area contributed by atoms with Gasteiger partial charge in [0.2, 0.25) is 0 Å². The van der Waals surface area contributed by atoms with E-state index < -0.39 is 24.5 Å². The fourth-order valence-electron chi connectivity index (χ4n) is 0.689. The van der Waals surface area contributed by atoms with E-state index in [1.54, 1.807) is 0 Å². The molecule has 0 heterocycles. The summed E-state index contributed by atoms with van der Waals surface area (Å²) >= 11 is 0. The molecular weight excluding hydrogens is 200 g/mol. The van der Waals surface area contributed by atoms with Crippen LogP contribution in [0.15, 0.2) is 25.3 Å². The fourth-order valence-corrected chi connectivity index (χ4v) is 0.689. The zero-order chi connectivity index (χ0) is 11.7. The SMILES string of the molecule is C=CCOC(=O)CC(O)C(=O)OCC=C. The number of aliphatic hydroxyl groups is 1. The summed E-state index contributed by atoms with van der Waals surface area (Å²) in [6, 6.07) is 0. The maximum Gasteiger partial charge on any atom is 0.335 e. The van der Waals surface area contributed by atoms with Crippen molar-refractivity contribution in [3.63, 3.8) is 0 Å². The minimum atomic E-state index is -1.50.